The van der Waals surface area contributed by atoms with Crippen LogP contribution in [0.15, 0.2) is 88.6 Å². The van der Waals surface area contributed by atoms with Crippen LogP contribution in [0, 0.1) is 0 Å². The molecule has 0 atom stereocenters. The maximum atomic E-state index is 13.5. The number of para-hydroxylation sites is 1. The van der Waals surface area contributed by atoms with Gasteiger partial charge in [-0.25, -0.2) is 9.48 Å². The highest BCUT2D eigenvalue weighted by Gasteiger charge is 2.26. The third kappa shape index (κ3) is 4.42. The highest BCUT2D eigenvalue weighted by Crippen LogP contribution is 2.31. The average Bonchev–Trinajstić information content (AvgIpc) is 3.31. The fourth-order valence-electron chi connectivity index (χ4n) is 5.38. The zero-order valence-corrected chi connectivity index (χ0v) is 21.4. The Kier molecular flexibility index (Phi) is 6.37. The van der Waals surface area contributed by atoms with Crippen molar-refractivity contribution in [3.63, 3.8) is 0 Å². The van der Waals surface area contributed by atoms with Gasteiger partial charge < -0.3 is 5.32 Å². The fourth-order valence-corrected chi connectivity index (χ4v) is 5.38. The Morgan fingerprint density at radius 1 is 0.895 bits per heavy atom. The van der Waals surface area contributed by atoms with E-state index in [0.29, 0.717) is 23.4 Å². The van der Waals surface area contributed by atoms with Gasteiger partial charge in [-0.2, -0.15) is 5.10 Å². The Balaban J connectivity index is 1.48. The summed E-state index contributed by atoms with van der Waals surface area (Å²) in [6.45, 7) is 0.439. The van der Waals surface area contributed by atoms with Crippen LogP contribution in [0.25, 0.3) is 22.3 Å². The second-order valence-corrected chi connectivity index (χ2v) is 9.92. The van der Waals surface area contributed by atoms with Gasteiger partial charge in [-0.3, -0.25) is 18.9 Å². The van der Waals surface area contributed by atoms with E-state index in [1.54, 1.807) is 17.8 Å². The molecule has 1 N–H and O–H groups in total. The molecule has 1 aliphatic carbocycles. The van der Waals surface area contributed by atoms with Crippen molar-refractivity contribution in [3.8, 4) is 11.3 Å². The number of fused-ring (bicyclic) bond motifs is 1. The first-order valence-electron chi connectivity index (χ1n) is 13.1. The molecule has 8 nitrogen and oxygen atoms in total. The Morgan fingerprint density at radius 3 is 2.34 bits per heavy atom. The van der Waals surface area contributed by atoms with Crippen molar-refractivity contribution in [2.45, 2.75) is 44.7 Å². The highest BCUT2D eigenvalue weighted by molar-refractivity contribution is 5.89. The molecule has 8 heteroatoms. The number of nitrogens with one attached hydrogen (secondary N) is 1. The summed E-state index contributed by atoms with van der Waals surface area (Å²) in [4.78, 5) is 31.3. The van der Waals surface area contributed by atoms with Gasteiger partial charge in [0.25, 0.3) is 5.56 Å². The van der Waals surface area contributed by atoms with Crippen molar-refractivity contribution in [1.82, 2.24) is 23.9 Å². The topological polar surface area (TPSA) is 86.7 Å². The molecule has 0 bridgehead atoms. The van der Waals surface area contributed by atoms with Crippen LogP contribution in [-0.2, 0) is 13.6 Å². The minimum Gasteiger partial charge on any atom is -0.340 e. The summed E-state index contributed by atoms with van der Waals surface area (Å²) in [6, 6.07) is 23.8. The molecule has 0 saturated heterocycles. The molecule has 2 aromatic carbocycles. The molecule has 38 heavy (non-hydrogen) atoms. The summed E-state index contributed by atoms with van der Waals surface area (Å²) >= 11 is 0. The maximum absolute atomic E-state index is 13.5. The molecule has 5 aromatic rings. The van der Waals surface area contributed by atoms with E-state index >= 15 is 0 Å². The van der Waals surface area contributed by atoms with E-state index in [1.807, 2.05) is 65.3 Å². The third-order valence-corrected chi connectivity index (χ3v) is 7.40. The Hall–Kier alpha value is -4.46. The van der Waals surface area contributed by atoms with Gasteiger partial charge in [0.1, 0.15) is 11.2 Å². The molecular weight excluding hydrogens is 476 g/mol. The number of hydrogen-bond acceptors (Lipinski definition) is 5. The standard InChI is InChI=1S/C30H30N6O2/c1-34-29(37)26-27(32-23-10-4-2-5-11-23)35(33-28(26)36(30(34)38)24-12-6-3-7-13-24)20-21-15-17-22(18-16-21)25-14-8-9-19-31-25/h2,4-5,8-11,14-19,24,32H,3,6-7,12-13,20H2,1H3. The monoisotopic (exact) mass is 506 g/mol. The molecule has 1 fully saturated rings. The van der Waals surface area contributed by atoms with Crippen molar-refractivity contribution in [2.75, 3.05) is 5.32 Å². The SMILES string of the molecule is Cn1c(=O)c2c(Nc3ccccc3)n(Cc3ccc(-c4ccccn4)cc3)nc2n(C2CCCCC2)c1=O. The van der Waals surface area contributed by atoms with E-state index in [-0.39, 0.29) is 17.3 Å². The van der Waals surface area contributed by atoms with Crippen LogP contribution in [0.4, 0.5) is 11.5 Å². The lowest BCUT2D eigenvalue weighted by atomic mass is 9.95. The molecule has 192 valence electrons. The van der Waals surface area contributed by atoms with E-state index in [0.717, 1.165) is 48.2 Å². The van der Waals surface area contributed by atoms with Gasteiger partial charge in [-0.15, -0.1) is 0 Å². The molecule has 1 saturated carbocycles. The summed E-state index contributed by atoms with van der Waals surface area (Å²) < 4.78 is 4.79. The van der Waals surface area contributed by atoms with Crippen LogP contribution < -0.4 is 16.6 Å². The number of rotatable bonds is 6. The van der Waals surface area contributed by atoms with Crippen LogP contribution in [0.1, 0.15) is 43.7 Å². The second-order valence-electron chi connectivity index (χ2n) is 9.92. The van der Waals surface area contributed by atoms with Crippen LogP contribution in [0.5, 0.6) is 0 Å². The summed E-state index contributed by atoms with van der Waals surface area (Å²) in [5.41, 5.74) is 3.62. The highest BCUT2D eigenvalue weighted by atomic mass is 16.2. The van der Waals surface area contributed by atoms with Gasteiger partial charge in [0.15, 0.2) is 5.65 Å². The van der Waals surface area contributed by atoms with E-state index in [2.05, 4.69) is 22.4 Å². The summed E-state index contributed by atoms with van der Waals surface area (Å²) in [6.07, 6.45) is 6.92. The van der Waals surface area contributed by atoms with Gasteiger partial charge in [0.05, 0.1) is 12.2 Å². The maximum Gasteiger partial charge on any atom is 0.332 e. The molecule has 6 rings (SSSR count). The van der Waals surface area contributed by atoms with E-state index in [4.69, 9.17) is 5.10 Å². The Labute approximate surface area is 220 Å². The zero-order chi connectivity index (χ0) is 26.1. The Morgan fingerprint density at radius 2 is 1.63 bits per heavy atom. The quantitative estimate of drug-likeness (QED) is 0.340. The fraction of sp³-hybridized carbons (Fsp3) is 0.267. The number of hydrogen-bond donors (Lipinski definition) is 1. The summed E-state index contributed by atoms with van der Waals surface area (Å²) in [5, 5.41) is 8.78. The zero-order valence-electron chi connectivity index (χ0n) is 21.4. The van der Waals surface area contributed by atoms with Crippen LogP contribution in [0.2, 0.25) is 0 Å². The molecule has 1 aliphatic rings. The molecule has 3 heterocycles. The van der Waals surface area contributed by atoms with Gasteiger partial charge in [-0.05, 0) is 42.7 Å². The summed E-state index contributed by atoms with van der Waals surface area (Å²) in [7, 11) is 1.56. The number of aromatic nitrogens is 5. The van der Waals surface area contributed by atoms with Crippen molar-refractivity contribution < 1.29 is 0 Å². The molecular formula is C30H30N6O2. The smallest absolute Gasteiger partial charge is 0.332 e. The molecule has 0 unspecified atom stereocenters. The van der Waals surface area contributed by atoms with E-state index < -0.39 is 0 Å². The van der Waals surface area contributed by atoms with Crippen molar-refractivity contribution in [1.29, 1.82) is 0 Å². The van der Waals surface area contributed by atoms with Gasteiger partial charge in [0, 0.05) is 30.5 Å². The van der Waals surface area contributed by atoms with Gasteiger partial charge in [0.2, 0.25) is 0 Å². The second kappa shape index (κ2) is 10.1. The first-order chi connectivity index (χ1) is 18.6. The lowest BCUT2D eigenvalue weighted by Crippen LogP contribution is -2.40. The van der Waals surface area contributed by atoms with E-state index in [9.17, 15) is 9.59 Å². The summed E-state index contributed by atoms with van der Waals surface area (Å²) in [5.74, 6) is 0.588. The normalized spacial score (nSPS) is 14.1. The molecule has 0 amide bonds. The molecule has 0 radical (unpaired) electrons. The number of anilines is 2. The first-order valence-corrected chi connectivity index (χ1v) is 13.1. The van der Waals surface area contributed by atoms with Crippen molar-refractivity contribution in [3.05, 3.63) is 105 Å². The lowest BCUT2D eigenvalue weighted by Gasteiger charge is -2.24. The largest absolute Gasteiger partial charge is 0.340 e. The number of benzene rings is 2. The Bertz CT molecular complexity index is 1680. The minimum atomic E-state index is -0.341. The van der Waals surface area contributed by atoms with Crippen LogP contribution in [-0.4, -0.2) is 23.9 Å². The van der Waals surface area contributed by atoms with E-state index in [1.165, 1.54) is 11.0 Å². The van der Waals surface area contributed by atoms with Gasteiger partial charge >= 0.3 is 5.69 Å². The van der Waals surface area contributed by atoms with Crippen LogP contribution in [0.3, 0.4) is 0 Å². The van der Waals surface area contributed by atoms with Crippen LogP contribution >= 0.6 is 0 Å². The lowest BCUT2D eigenvalue weighted by molar-refractivity contribution is 0.344. The molecule has 3 aromatic heterocycles. The predicted octanol–water partition coefficient (Wildman–Crippen LogP) is 5.26. The minimum absolute atomic E-state index is 0.0381. The van der Waals surface area contributed by atoms with Crippen molar-refractivity contribution >= 4 is 22.5 Å². The third-order valence-electron chi connectivity index (χ3n) is 7.40. The first kappa shape index (κ1) is 23.9. The molecule has 0 spiro atoms. The van der Waals surface area contributed by atoms with Gasteiger partial charge in [-0.1, -0.05) is 67.8 Å². The predicted molar refractivity (Wildman–Crippen MR) is 150 cm³/mol. The number of pyridine rings is 1. The number of nitrogens with zero attached hydrogens (tertiary/aromatic N) is 5. The average molecular weight is 507 g/mol. The molecule has 0 aliphatic heterocycles. The van der Waals surface area contributed by atoms with Crippen molar-refractivity contribution in [2.24, 2.45) is 7.05 Å².